The molecule has 1 unspecified atom stereocenters. The lowest BCUT2D eigenvalue weighted by molar-refractivity contribution is 0.166. The molecule has 3 nitrogen and oxygen atoms in total. The third-order valence-corrected chi connectivity index (χ3v) is 3.73. The van der Waals surface area contributed by atoms with Gasteiger partial charge in [-0.1, -0.05) is 12.1 Å². The molecule has 1 heterocycles. The standard InChI is InChI=1S/C16H26N2O/c1-13-4-5-14(2)16(12-13)19-15(3)6-9-18-10-7-17-8-11-18/h4-5,12,15,17H,6-11H2,1-3H3. The van der Waals surface area contributed by atoms with Gasteiger partial charge in [-0.25, -0.2) is 0 Å². The molecule has 0 amide bonds. The Kier molecular flexibility index (Phi) is 5.23. The summed E-state index contributed by atoms with van der Waals surface area (Å²) in [5.74, 6) is 1.04. The molecule has 0 aliphatic carbocycles. The number of ether oxygens (including phenoxy) is 1. The lowest BCUT2D eigenvalue weighted by Crippen LogP contribution is -2.44. The van der Waals surface area contributed by atoms with E-state index in [0.717, 1.165) is 44.9 Å². The average molecular weight is 262 g/mol. The van der Waals surface area contributed by atoms with Crippen LogP contribution >= 0.6 is 0 Å². The number of rotatable bonds is 5. The van der Waals surface area contributed by atoms with Crippen LogP contribution in [0.2, 0.25) is 0 Å². The molecular formula is C16H26N2O. The highest BCUT2D eigenvalue weighted by Crippen LogP contribution is 2.21. The first-order valence-electron chi connectivity index (χ1n) is 7.32. The minimum atomic E-state index is 0.274. The average Bonchev–Trinajstić information content (AvgIpc) is 2.42. The van der Waals surface area contributed by atoms with E-state index in [1.54, 1.807) is 0 Å². The maximum absolute atomic E-state index is 6.07. The van der Waals surface area contributed by atoms with E-state index in [0.29, 0.717) is 0 Å². The Morgan fingerprint density at radius 1 is 1.26 bits per heavy atom. The maximum atomic E-state index is 6.07. The van der Waals surface area contributed by atoms with E-state index in [9.17, 15) is 0 Å². The van der Waals surface area contributed by atoms with Crippen molar-refractivity contribution in [2.45, 2.75) is 33.3 Å². The summed E-state index contributed by atoms with van der Waals surface area (Å²) in [5, 5.41) is 3.38. The van der Waals surface area contributed by atoms with Crippen molar-refractivity contribution in [1.29, 1.82) is 0 Å². The molecule has 0 bridgehead atoms. The molecule has 1 atom stereocenters. The Labute approximate surface area is 116 Å². The summed E-state index contributed by atoms with van der Waals surface area (Å²) < 4.78 is 6.07. The van der Waals surface area contributed by atoms with Gasteiger partial charge in [-0.15, -0.1) is 0 Å². The maximum Gasteiger partial charge on any atom is 0.122 e. The number of hydrogen-bond acceptors (Lipinski definition) is 3. The van der Waals surface area contributed by atoms with Gasteiger partial charge in [0.05, 0.1) is 6.10 Å². The Morgan fingerprint density at radius 2 is 2.00 bits per heavy atom. The summed E-state index contributed by atoms with van der Waals surface area (Å²) in [4.78, 5) is 2.51. The molecule has 0 spiro atoms. The molecule has 2 rings (SSSR count). The quantitative estimate of drug-likeness (QED) is 0.881. The van der Waals surface area contributed by atoms with Gasteiger partial charge in [0.2, 0.25) is 0 Å². The fourth-order valence-corrected chi connectivity index (χ4v) is 2.41. The van der Waals surface area contributed by atoms with Crippen LogP contribution in [0.4, 0.5) is 0 Å². The van der Waals surface area contributed by atoms with E-state index in [-0.39, 0.29) is 6.10 Å². The lowest BCUT2D eigenvalue weighted by Gasteiger charge is -2.28. The summed E-state index contributed by atoms with van der Waals surface area (Å²) in [5.41, 5.74) is 2.48. The van der Waals surface area contributed by atoms with Crippen LogP contribution in [0.25, 0.3) is 0 Å². The van der Waals surface area contributed by atoms with Crippen molar-refractivity contribution in [3.05, 3.63) is 29.3 Å². The highest BCUT2D eigenvalue weighted by molar-refractivity contribution is 5.36. The van der Waals surface area contributed by atoms with E-state index in [1.165, 1.54) is 11.1 Å². The van der Waals surface area contributed by atoms with Crippen molar-refractivity contribution in [1.82, 2.24) is 10.2 Å². The number of aryl methyl sites for hydroxylation is 2. The molecule has 1 aliphatic heterocycles. The largest absolute Gasteiger partial charge is 0.490 e. The molecule has 1 saturated heterocycles. The minimum Gasteiger partial charge on any atom is -0.490 e. The molecule has 1 fully saturated rings. The van der Waals surface area contributed by atoms with Crippen molar-refractivity contribution in [3.8, 4) is 5.75 Å². The first kappa shape index (κ1) is 14.4. The number of nitrogens with zero attached hydrogens (tertiary/aromatic N) is 1. The molecule has 1 aromatic carbocycles. The summed E-state index contributed by atoms with van der Waals surface area (Å²) in [6.07, 6.45) is 1.36. The summed E-state index contributed by atoms with van der Waals surface area (Å²) in [6.45, 7) is 12.1. The minimum absolute atomic E-state index is 0.274. The monoisotopic (exact) mass is 262 g/mol. The van der Waals surface area contributed by atoms with Crippen LogP contribution in [0.5, 0.6) is 5.75 Å². The van der Waals surface area contributed by atoms with Crippen molar-refractivity contribution in [2.75, 3.05) is 32.7 Å². The zero-order valence-corrected chi connectivity index (χ0v) is 12.4. The Morgan fingerprint density at radius 3 is 2.74 bits per heavy atom. The third kappa shape index (κ3) is 4.51. The van der Waals surface area contributed by atoms with E-state index in [4.69, 9.17) is 4.74 Å². The fourth-order valence-electron chi connectivity index (χ4n) is 2.41. The highest BCUT2D eigenvalue weighted by Gasteiger charge is 2.12. The molecular weight excluding hydrogens is 236 g/mol. The summed E-state index contributed by atoms with van der Waals surface area (Å²) >= 11 is 0. The Bertz CT molecular complexity index is 400. The van der Waals surface area contributed by atoms with E-state index in [2.05, 4.69) is 49.2 Å². The molecule has 3 heteroatoms. The van der Waals surface area contributed by atoms with Crippen molar-refractivity contribution in [2.24, 2.45) is 0 Å². The van der Waals surface area contributed by atoms with Crippen LogP contribution in [0.3, 0.4) is 0 Å². The number of nitrogens with one attached hydrogen (secondary N) is 1. The topological polar surface area (TPSA) is 24.5 Å². The molecule has 1 aromatic rings. The van der Waals surface area contributed by atoms with Gasteiger partial charge < -0.3 is 15.0 Å². The molecule has 0 aromatic heterocycles. The predicted molar refractivity (Wildman–Crippen MR) is 79.9 cm³/mol. The Hall–Kier alpha value is -1.06. The second-order valence-electron chi connectivity index (χ2n) is 5.58. The molecule has 0 radical (unpaired) electrons. The molecule has 1 aliphatic rings. The van der Waals surface area contributed by atoms with Gasteiger partial charge >= 0.3 is 0 Å². The van der Waals surface area contributed by atoms with Gasteiger partial charge in [-0.05, 0) is 44.4 Å². The predicted octanol–water partition coefficient (Wildman–Crippen LogP) is 2.37. The zero-order valence-electron chi connectivity index (χ0n) is 12.4. The van der Waals surface area contributed by atoms with Crippen LogP contribution < -0.4 is 10.1 Å². The Balaban J connectivity index is 1.80. The van der Waals surface area contributed by atoms with Gasteiger partial charge in [-0.3, -0.25) is 0 Å². The second-order valence-corrected chi connectivity index (χ2v) is 5.58. The summed E-state index contributed by atoms with van der Waals surface area (Å²) in [6, 6.07) is 6.40. The molecule has 1 N–H and O–H groups in total. The highest BCUT2D eigenvalue weighted by atomic mass is 16.5. The fraction of sp³-hybridized carbons (Fsp3) is 0.625. The van der Waals surface area contributed by atoms with E-state index >= 15 is 0 Å². The molecule has 0 saturated carbocycles. The van der Waals surface area contributed by atoms with E-state index in [1.807, 2.05) is 0 Å². The number of piperazine rings is 1. The van der Waals surface area contributed by atoms with Crippen molar-refractivity contribution in [3.63, 3.8) is 0 Å². The van der Waals surface area contributed by atoms with Crippen LogP contribution in [0.1, 0.15) is 24.5 Å². The lowest BCUT2D eigenvalue weighted by atomic mass is 10.1. The second kappa shape index (κ2) is 6.92. The van der Waals surface area contributed by atoms with E-state index < -0.39 is 0 Å². The SMILES string of the molecule is Cc1ccc(C)c(OC(C)CCN2CCNCC2)c1. The van der Waals surface area contributed by atoms with Crippen LogP contribution in [0, 0.1) is 13.8 Å². The first-order chi connectivity index (χ1) is 9.15. The van der Waals surface area contributed by atoms with Crippen molar-refractivity contribution < 1.29 is 4.74 Å². The third-order valence-electron chi connectivity index (χ3n) is 3.73. The van der Waals surface area contributed by atoms with Crippen LogP contribution in [0.15, 0.2) is 18.2 Å². The molecule has 106 valence electrons. The zero-order chi connectivity index (χ0) is 13.7. The van der Waals surface area contributed by atoms with Crippen molar-refractivity contribution >= 4 is 0 Å². The van der Waals surface area contributed by atoms with Gasteiger partial charge in [0, 0.05) is 32.7 Å². The van der Waals surface area contributed by atoms with Gasteiger partial charge in [0.25, 0.3) is 0 Å². The summed E-state index contributed by atoms with van der Waals surface area (Å²) in [7, 11) is 0. The van der Waals surface area contributed by atoms with Crippen LogP contribution in [-0.4, -0.2) is 43.7 Å². The van der Waals surface area contributed by atoms with Gasteiger partial charge in [-0.2, -0.15) is 0 Å². The number of benzene rings is 1. The van der Waals surface area contributed by atoms with Gasteiger partial charge in [0.1, 0.15) is 5.75 Å². The number of hydrogen-bond donors (Lipinski definition) is 1. The molecule has 19 heavy (non-hydrogen) atoms. The van der Waals surface area contributed by atoms with Crippen LogP contribution in [-0.2, 0) is 0 Å². The van der Waals surface area contributed by atoms with Gasteiger partial charge in [0.15, 0.2) is 0 Å². The smallest absolute Gasteiger partial charge is 0.122 e. The normalized spacial score (nSPS) is 18.3. The first-order valence-corrected chi connectivity index (χ1v) is 7.32.